The molecule has 0 spiro atoms. The summed E-state index contributed by atoms with van der Waals surface area (Å²) in [6, 6.07) is 8.33. The quantitative estimate of drug-likeness (QED) is 0.621. The van der Waals surface area contributed by atoms with Gasteiger partial charge in [0.05, 0.1) is 12.1 Å². The van der Waals surface area contributed by atoms with Crippen LogP contribution in [0.2, 0.25) is 0 Å². The molecule has 0 unspecified atom stereocenters. The summed E-state index contributed by atoms with van der Waals surface area (Å²) in [7, 11) is -4.04. The van der Waals surface area contributed by atoms with Gasteiger partial charge in [0.25, 0.3) is 10.0 Å². The zero-order chi connectivity index (χ0) is 20.4. The molecule has 0 bridgehead atoms. The second kappa shape index (κ2) is 7.80. The van der Waals surface area contributed by atoms with Crippen LogP contribution in [0.3, 0.4) is 0 Å². The predicted octanol–water partition coefficient (Wildman–Crippen LogP) is 1.25. The highest BCUT2D eigenvalue weighted by molar-refractivity contribution is 7.90. The van der Waals surface area contributed by atoms with E-state index in [1.54, 1.807) is 19.1 Å². The topological polar surface area (TPSA) is 106 Å². The molecular formula is C19H21N5O4S. The third-order valence-electron chi connectivity index (χ3n) is 4.74. The summed E-state index contributed by atoms with van der Waals surface area (Å²) in [6.45, 7) is 5.16. The first kappa shape index (κ1) is 19.3. The Kier molecular flexibility index (Phi) is 5.20. The van der Waals surface area contributed by atoms with Gasteiger partial charge in [0, 0.05) is 49.6 Å². The Morgan fingerprint density at radius 1 is 1.24 bits per heavy atom. The number of carbonyl (C=O) groups excluding carboxylic acids is 1. The fraction of sp³-hybridized carbons (Fsp3) is 0.316. The zero-order valence-electron chi connectivity index (χ0n) is 15.9. The van der Waals surface area contributed by atoms with Crippen molar-refractivity contribution >= 4 is 32.6 Å². The molecule has 1 N–H and O–H groups in total. The lowest BCUT2D eigenvalue weighted by atomic mass is 10.1. The first-order valence-electron chi connectivity index (χ1n) is 9.33. The number of pyridine rings is 1. The third-order valence-corrected chi connectivity index (χ3v) is 6.32. The van der Waals surface area contributed by atoms with Gasteiger partial charge in [-0.2, -0.15) is 12.5 Å². The lowest BCUT2D eigenvalue weighted by Crippen LogP contribution is -2.43. The Morgan fingerprint density at radius 3 is 2.72 bits per heavy atom. The van der Waals surface area contributed by atoms with E-state index >= 15 is 0 Å². The van der Waals surface area contributed by atoms with E-state index in [1.807, 2.05) is 6.07 Å². The smallest absolute Gasteiger partial charge is 0.359 e. The highest BCUT2D eigenvalue weighted by atomic mass is 32.2. The molecule has 0 amide bonds. The maximum absolute atomic E-state index is 13.2. The lowest BCUT2D eigenvalue weighted by Gasteiger charge is -2.29. The first-order valence-corrected chi connectivity index (χ1v) is 10.8. The van der Waals surface area contributed by atoms with Crippen LogP contribution in [0.1, 0.15) is 17.4 Å². The molecule has 1 aliphatic heterocycles. The lowest BCUT2D eigenvalue weighted by molar-refractivity contribution is 0.0521. The summed E-state index contributed by atoms with van der Waals surface area (Å²) < 4.78 is 32.4. The molecule has 1 aromatic carbocycles. The van der Waals surface area contributed by atoms with Crippen LogP contribution in [0.5, 0.6) is 0 Å². The standard InChI is InChI=1S/C19H21N5O4S/c1-2-28-19(25)18-16-6-5-14(23-10-8-20-9-11-23)12-17(16)24(22-18)29(26,27)15-4-3-7-21-13-15/h3-7,12-13,20H,2,8-11H2,1H3. The van der Waals surface area contributed by atoms with E-state index in [4.69, 9.17) is 4.74 Å². The normalized spacial score (nSPS) is 14.9. The number of rotatable bonds is 5. The van der Waals surface area contributed by atoms with E-state index in [-0.39, 0.29) is 17.2 Å². The van der Waals surface area contributed by atoms with Crippen molar-refractivity contribution in [2.24, 2.45) is 0 Å². The van der Waals surface area contributed by atoms with Gasteiger partial charge in [0.2, 0.25) is 0 Å². The van der Waals surface area contributed by atoms with Gasteiger partial charge in [-0.25, -0.2) is 4.79 Å². The molecule has 0 atom stereocenters. The average Bonchev–Trinajstić information content (AvgIpc) is 3.15. The van der Waals surface area contributed by atoms with Crippen LogP contribution < -0.4 is 10.2 Å². The molecule has 1 saturated heterocycles. The van der Waals surface area contributed by atoms with Crippen LogP contribution in [0.15, 0.2) is 47.6 Å². The number of ether oxygens (including phenoxy) is 1. The number of esters is 1. The second-order valence-corrected chi connectivity index (χ2v) is 8.31. The fourth-order valence-electron chi connectivity index (χ4n) is 3.33. The molecule has 0 aliphatic carbocycles. The number of carbonyl (C=O) groups is 1. The molecule has 0 saturated carbocycles. The molecule has 152 valence electrons. The molecule has 1 fully saturated rings. The number of fused-ring (bicyclic) bond motifs is 1. The van der Waals surface area contributed by atoms with Crippen molar-refractivity contribution in [3.63, 3.8) is 0 Å². The zero-order valence-corrected chi connectivity index (χ0v) is 16.7. The Hall–Kier alpha value is -2.98. The number of piperazine rings is 1. The molecule has 3 heterocycles. The van der Waals surface area contributed by atoms with Crippen molar-refractivity contribution in [2.75, 3.05) is 37.7 Å². The summed E-state index contributed by atoms with van der Waals surface area (Å²) in [5.41, 5.74) is 1.17. The largest absolute Gasteiger partial charge is 0.461 e. The van der Waals surface area contributed by atoms with E-state index < -0.39 is 16.0 Å². The minimum atomic E-state index is -4.04. The SMILES string of the molecule is CCOC(=O)c1nn(S(=O)(=O)c2cccnc2)c2cc(N3CCNCC3)ccc12. The fourth-order valence-corrected chi connectivity index (χ4v) is 4.57. The first-order chi connectivity index (χ1) is 14.0. The maximum Gasteiger partial charge on any atom is 0.359 e. The van der Waals surface area contributed by atoms with E-state index in [0.717, 1.165) is 36.0 Å². The number of hydrogen-bond acceptors (Lipinski definition) is 8. The number of hydrogen-bond donors (Lipinski definition) is 1. The highest BCUT2D eigenvalue weighted by Crippen LogP contribution is 2.28. The van der Waals surface area contributed by atoms with E-state index in [0.29, 0.717) is 10.9 Å². The van der Waals surface area contributed by atoms with Crippen molar-refractivity contribution in [3.05, 3.63) is 48.4 Å². The minimum absolute atomic E-state index is 0.00705. The van der Waals surface area contributed by atoms with Crippen molar-refractivity contribution in [3.8, 4) is 0 Å². The summed E-state index contributed by atoms with van der Waals surface area (Å²) in [4.78, 5) is 18.4. The van der Waals surface area contributed by atoms with Crippen LogP contribution >= 0.6 is 0 Å². The van der Waals surface area contributed by atoms with Crippen LogP contribution in [0.4, 0.5) is 5.69 Å². The summed E-state index contributed by atoms with van der Waals surface area (Å²) in [5.74, 6) is -0.660. The van der Waals surface area contributed by atoms with Crippen LogP contribution in [-0.2, 0) is 14.8 Å². The van der Waals surface area contributed by atoms with E-state index in [9.17, 15) is 13.2 Å². The van der Waals surface area contributed by atoms with Crippen molar-refractivity contribution < 1.29 is 17.9 Å². The summed E-state index contributed by atoms with van der Waals surface area (Å²) in [6.07, 6.45) is 2.75. The Bertz CT molecular complexity index is 1140. The predicted molar refractivity (Wildman–Crippen MR) is 108 cm³/mol. The molecule has 9 nitrogen and oxygen atoms in total. The molecular weight excluding hydrogens is 394 g/mol. The highest BCUT2D eigenvalue weighted by Gasteiger charge is 2.27. The molecule has 1 aliphatic rings. The van der Waals surface area contributed by atoms with Gasteiger partial charge in [-0.05, 0) is 37.3 Å². The molecule has 0 radical (unpaired) electrons. The third kappa shape index (κ3) is 3.56. The van der Waals surface area contributed by atoms with Crippen molar-refractivity contribution in [1.29, 1.82) is 0 Å². The summed E-state index contributed by atoms with van der Waals surface area (Å²) in [5, 5.41) is 7.85. The number of aromatic nitrogens is 3. The van der Waals surface area contributed by atoms with Gasteiger partial charge >= 0.3 is 5.97 Å². The van der Waals surface area contributed by atoms with Crippen LogP contribution in [-0.4, -0.2) is 61.3 Å². The second-order valence-electron chi connectivity index (χ2n) is 6.54. The van der Waals surface area contributed by atoms with Crippen molar-refractivity contribution in [2.45, 2.75) is 11.8 Å². The molecule has 29 heavy (non-hydrogen) atoms. The van der Waals surface area contributed by atoms with Gasteiger partial charge in [-0.3, -0.25) is 4.98 Å². The monoisotopic (exact) mass is 415 g/mol. The number of nitrogens with zero attached hydrogens (tertiary/aromatic N) is 4. The van der Waals surface area contributed by atoms with Gasteiger partial charge in [0.15, 0.2) is 5.69 Å². The van der Waals surface area contributed by atoms with Crippen LogP contribution in [0.25, 0.3) is 10.9 Å². The maximum atomic E-state index is 13.2. The molecule has 3 aromatic rings. The molecule has 4 rings (SSSR count). The van der Waals surface area contributed by atoms with Gasteiger partial charge < -0.3 is 15.0 Å². The number of anilines is 1. The number of nitrogens with one attached hydrogen (secondary N) is 1. The van der Waals surface area contributed by atoms with Gasteiger partial charge in [-0.1, -0.05) is 0 Å². The van der Waals surface area contributed by atoms with Gasteiger partial charge in [0.1, 0.15) is 4.90 Å². The summed E-state index contributed by atoms with van der Waals surface area (Å²) >= 11 is 0. The van der Waals surface area contributed by atoms with Crippen LogP contribution in [0, 0.1) is 0 Å². The van der Waals surface area contributed by atoms with E-state index in [1.165, 1.54) is 24.5 Å². The minimum Gasteiger partial charge on any atom is -0.461 e. The average molecular weight is 415 g/mol. The number of benzene rings is 1. The molecule has 10 heteroatoms. The Morgan fingerprint density at radius 2 is 2.03 bits per heavy atom. The van der Waals surface area contributed by atoms with Crippen molar-refractivity contribution in [1.82, 2.24) is 19.5 Å². The molecule has 2 aromatic heterocycles. The van der Waals surface area contributed by atoms with Gasteiger partial charge in [-0.15, -0.1) is 5.10 Å². The van der Waals surface area contributed by atoms with E-state index in [2.05, 4.69) is 20.3 Å². The Labute approximate surface area is 168 Å². The Balaban J connectivity index is 1.90.